The first-order valence-corrected chi connectivity index (χ1v) is 17.2. The third kappa shape index (κ3) is 11.7. The monoisotopic (exact) mass is 814 g/mol. The fraction of sp³-hybridized carbons (Fsp3) is 0.297. The number of H-pyrrole nitrogens is 1. The quantitative estimate of drug-likeness (QED) is 0.0709. The number of aromatic amines is 1. The van der Waals surface area contributed by atoms with E-state index in [9.17, 15) is 19.7 Å². The Hall–Kier alpha value is -7.06. The van der Waals surface area contributed by atoms with Gasteiger partial charge >= 0.3 is 29.5 Å². The number of fused-ring (bicyclic) bond motifs is 7. The Bertz CT molecular complexity index is 2270. The standard InChI is InChI=1S/C19H21N5O5.C17H17N5O2.CH4.2F2/c1-2-28-19(25)23-12-14-9-6-8-13(11-14)7-4-3-5-10-29-18-21-16(20)15(24(26)27)17(23)22-18;18-14-13-15-21-16(20-14)24-8-3-1-2-5-11-6-4-7-12(9-11)10-22(15)17(23)19-13;;2*1-2/h3-4,6,8-9,11H,2,5,7,10,12H2,1H3,(H2,20,21,22);1-2,4,6-7,9H,3,5,8,10H2,(H,19,23)(H2,18,20,21);1H4;;/b4-3+;2-1+;;;. The number of hydrogen-bond acceptors (Lipinski definition) is 13. The largest absolute Gasteiger partial charge is 0.463 e. The summed E-state index contributed by atoms with van der Waals surface area (Å²) in [5.41, 5.74) is 15.8. The van der Waals surface area contributed by atoms with Crippen molar-refractivity contribution in [1.82, 2.24) is 29.5 Å². The van der Waals surface area contributed by atoms with E-state index in [4.69, 9.17) is 44.0 Å². The first-order chi connectivity index (χ1) is 27.7. The summed E-state index contributed by atoms with van der Waals surface area (Å²) in [6.07, 6.45) is 10.3. The van der Waals surface area contributed by atoms with Crippen LogP contribution in [0.15, 0.2) is 77.6 Å². The molecule has 0 fully saturated rings. The number of rotatable bonds is 2. The van der Waals surface area contributed by atoms with Crippen molar-refractivity contribution in [3.05, 3.63) is 116 Å². The van der Waals surface area contributed by atoms with E-state index in [0.717, 1.165) is 34.4 Å². The second-order valence-electron chi connectivity index (χ2n) is 12.0. The molecule has 0 saturated carbocycles. The maximum atomic E-state index is 12.7. The Morgan fingerprint density at radius 2 is 1.38 bits per heavy atom. The number of nitrogens with two attached hydrogens (primary N) is 2. The van der Waals surface area contributed by atoms with Gasteiger partial charge in [0.25, 0.3) is 0 Å². The lowest BCUT2D eigenvalue weighted by atomic mass is 10.1. The molecular weight excluding hydrogens is 772 g/mol. The molecule has 2 aromatic carbocycles. The zero-order valence-electron chi connectivity index (χ0n) is 30.4. The van der Waals surface area contributed by atoms with Crippen LogP contribution in [0, 0.1) is 10.1 Å². The molecule has 0 aliphatic carbocycles. The summed E-state index contributed by atoms with van der Waals surface area (Å²) in [6.45, 7) is 2.87. The Balaban J connectivity index is 0.000000285. The summed E-state index contributed by atoms with van der Waals surface area (Å²) in [5.74, 6) is -0.447. The lowest BCUT2D eigenvalue weighted by Gasteiger charge is -2.22. The number of anilines is 3. The number of carbonyl (C=O) groups is 1. The molecular formula is C37H42F4N10O7. The minimum atomic E-state index is -0.781. The van der Waals surface area contributed by atoms with Crippen molar-refractivity contribution in [3.8, 4) is 12.0 Å². The molecule has 0 atom stereocenters. The zero-order chi connectivity index (χ0) is 41.3. The third-order valence-electron chi connectivity index (χ3n) is 8.16. The van der Waals surface area contributed by atoms with Crippen molar-refractivity contribution in [3.63, 3.8) is 0 Å². The fourth-order valence-corrected chi connectivity index (χ4v) is 5.72. The van der Waals surface area contributed by atoms with Gasteiger partial charge in [-0.05, 0) is 54.9 Å². The highest BCUT2D eigenvalue weighted by molar-refractivity contribution is 5.90. The summed E-state index contributed by atoms with van der Waals surface area (Å²) in [6, 6.07) is 15.8. The highest BCUT2D eigenvalue weighted by Gasteiger charge is 2.32. The van der Waals surface area contributed by atoms with Gasteiger partial charge in [-0.15, -0.1) is 0 Å². The van der Waals surface area contributed by atoms with Gasteiger partial charge in [0.05, 0.1) is 37.8 Å². The van der Waals surface area contributed by atoms with Crippen LogP contribution in [0.25, 0.3) is 11.2 Å². The van der Waals surface area contributed by atoms with E-state index in [2.05, 4.69) is 49.2 Å². The highest BCUT2D eigenvalue weighted by Crippen LogP contribution is 2.34. The van der Waals surface area contributed by atoms with Crippen LogP contribution in [0.2, 0.25) is 0 Å². The predicted octanol–water partition coefficient (Wildman–Crippen LogP) is 6.96. The smallest absolute Gasteiger partial charge is 0.415 e. The number of allylic oxidation sites excluding steroid dienone is 2. The Labute approximate surface area is 328 Å². The molecule has 0 unspecified atom stereocenters. The average molecular weight is 815 g/mol. The zero-order valence-corrected chi connectivity index (χ0v) is 30.4. The van der Waals surface area contributed by atoms with Crippen LogP contribution in [-0.4, -0.2) is 60.3 Å². The summed E-state index contributed by atoms with van der Waals surface area (Å²) >= 11 is 0. The molecule has 7 rings (SSSR count). The number of nitrogens with one attached hydrogen (secondary N) is 1. The maximum Gasteiger partial charge on any atom is 0.415 e. The molecule has 5 heterocycles. The van der Waals surface area contributed by atoms with E-state index in [-0.39, 0.29) is 62.3 Å². The van der Waals surface area contributed by atoms with E-state index in [0.29, 0.717) is 37.2 Å². The van der Waals surface area contributed by atoms with E-state index in [1.807, 2.05) is 48.6 Å². The van der Waals surface area contributed by atoms with Crippen LogP contribution < -0.4 is 31.5 Å². The van der Waals surface area contributed by atoms with Crippen molar-refractivity contribution in [2.75, 3.05) is 36.2 Å². The van der Waals surface area contributed by atoms with E-state index >= 15 is 0 Å². The van der Waals surface area contributed by atoms with Gasteiger partial charge in [0.15, 0.2) is 11.5 Å². The number of nitrogens with zero attached hydrogens (tertiary/aromatic N) is 7. The summed E-state index contributed by atoms with van der Waals surface area (Å²) in [4.78, 5) is 56.1. The van der Waals surface area contributed by atoms with Crippen molar-refractivity contribution < 1.29 is 42.2 Å². The molecule has 17 nitrogen and oxygen atoms in total. The summed E-state index contributed by atoms with van der Waals surface area (Å²) < 4.78 is 49.7. The number of halogens is 4. The molecule has 0 radical (unpaired) electrons. The molecule has 310 valence electrons. The Kier molecular flexibility index (Phi) is 17.6. The Morgan fingerprint density at radius 3 is 1.95 bits per heavy atom. The number of hydrogen-bond donors (Lipinski definition) is 3. The molecule has 3 aromatic heterocycles. The van der Waals surface area contributed by atoms with Crippen LogP contribution in [0.3, 0.4) is 0 Å². The molecule has 1 amide bonds. The number of carbonyl (C=O) groups excluding carboxylic acids is 1. The van der Waals surface area contributed by atoms with Crippen LogP contribution >= 0.6 is 0 Å². The molecule has 2 aliphatic rings. The highest BCUT2D eigenvalue weighted by atomic mass is 20.0. The molecule has 5 aromatic rings. The van der Waals surface area contributed by atoms with Gasteiger partial charge in [0, 0.05) is 18.3 Å². The van der Waals surface area contributed by atoms with E-state index in [1.165, 1.54) is 5.56 Å². The minimum absolute atomic E-state index is 0. The van der Waals surface area contributed by atoms with Crippen LogP contribution in [0.1, 0.15) is 49.4 Å². The average Bonchev–Trinajstić information content (AvgIpc) is 3.52. The van der Waals surface area contributed by atoms with Gasteiger partial charge in [0.2, 0.25) is 11.6 Å². The second kappa shape index (κ2) is 22.5. The van der Waals surface area contributed by atoms with Gasteiger partial charge in [-0.3, -0.25) is 19.6 Å². The SMILES string of the molecule is C.CCOC(=O)N1Cc2cccc(c2)C/C=C/CCOc2nc(N)c([N+](=O)[O-])c1n2.FF.FF.Nc1nc2nc3c1[nH]c(=O)n3Cc1cccc(c1)C/C=C/CCO2. The number of imidazole rings is 1. The number of nitro groups is 1. The van der Waals surface area contributed by atoms with E-state index in [1.54, 1.807) is 11.5 Å². The first-order valence-electron chi connectivity index (χ1n) is 17.2. The lowest BCUT2D eigenvalue weighted by Crippen LogP contribution is -2.33. The number of amides is 1. The van der Waals surface area contributed by atoms with Crippen molar-refractivity contribution in [2.45, 2.75) is 53.1 Å². The number of aromatic nitrogens is 6. The first kappa shape index (κ1) is 45.3. The lowest BCUT2D eigenvalue weighted by molar-refractivity contribution is -0.383. The van der Waals surface area contributed by atoms with Crippen molar-refractivity contribution >= 4 is 40.4 Å². The second-order valence-corrected chi connectivity index (χ2v) is 12.0. The topological polar surface area (TPSA) is 233 Å². The number of nitrogen functional groups attached to an aromatic ring is 2. The minimum Gasteiger partial charge on any atom is -0.463 e. The molecule has 8 bridgehead atoms. The van der Waals surface area contributed by atoms with E-state index < -0.39 is 16.7 Å². The molecule has 58 heavy (non-hydrogen) atoms. The van der Waals surface area contributed by atoms with Crippen LogP contribution in [-0.2, 0) is 30.7 Å². The molecule has 0 saturated heterocycles. The number of benzene rings is 2. The van der Waals surface area contributed by atoms with Gasteiger partial charge in [-0.2, -0.15) is 19.9 Å². The van der Waals surface area contributed by atoms with Gasteiger partial charge in [-0.1, -0.05) is 80.3 Å². The molecule has 21 heteroatoms. The predicted molar refractivity (Wildman–Crippen MR) is 208 cm³/mol. The van der Waals surface area contributed by atoms with Crippen LogP contribution in [0.5, 0.6) is 12.0 Å². The normalized spacial score (nSPS) is 14.3. The number of ether oxygens (including phenoxy) is 3. The Morgan fingerprint density at radius 1 is 0.845 bits per heavy atom. The summed E-state index contributed by atoms with van der Waals surface area (Å²) in [5, 5.41) is 11.6. The third-order valence-corrected chi connectivity index (χ3v) is 8.16. The fourth-order valence-electron chi connectivity index (χ4n) is 5.72. The van der Waals surface area contributed by atoms with Crippen molar-refractivity contribution in [2.24, 2.45) is 0 Å². The molecule has 0 spiro atoms. The van der Waals surface area contributed by atoms with Gasteiger partial charge in [-0.25, -0.2) is 9.59 Å². The summed E-state index contributed by atoms with van der Waals surface area (Å²) in [7, 11) is 0. The molecule has 2 aliphatic heterocycles. The van der Waals surface area contributed by atoms with Crippen molar-refractivity contribution in [1.29, 1.82) is 0 Å². The maximum absolute atomic E-state index is 12.7. The van der Waals surface area contributed by atoms with Gasteiger partial charge < -0.3 is 30.7 Å². The molecule has 5 N–H and O–H groups in total. The van der Waals surface area contributed by atoms with Crippen LogP contribution in [0.4, 0.5) is 46.2 Å². The van der Waals surface area contributed by atoms with Gasteiger partial charge in [0.1, 0.15) is 5.52 Å².